The molecule has 3 saturated carbocycles. The van der Waals surface area contributed by atoms with Crippen LogP contribution in [0.5, 0.6) is 0 Å². The number of Topliss-reactive ketones (excluding diaryl/α,β-unsaturated/α-hetero) is 1. The van der Waals surface area contributed by atoms with E-state index in [9.17, 15) is 96.8 Å². The van der Waals surface area contributed by atoms with E-state index in [0.717, 1.165) is 12.7 Å². The summed E-state index contributed by atoms with van der Waals surface area (Å²) in [5.41, 5.74) is -2.99. The SMILES string of the molecule is C=C(C)C(=O)CC[C@]1(C)OC(=O)[C@]23[C@@H](O)C=C4[C@@H](CC[C@H]5C(C)(C)[C@@H](O[C@@H]6OC[C@@H](O[C@@H]7O[C@H](COS(=O)(=O)[O-])[C@@H](O)[C@H](O)[C@H]7O)[C@H](O)[C@H]6O[C@@H]6O[C@H](C)[C@@H](O[C@@H]7O[C@H](COS(=O)(=O)[O-])[C@@H](O)[C@H](O[C@@H]8O[C@H](CO)[C@@H](O)[C@H](OC)[C@H]8O)[C@H]7O)[C@H](O)[C@H]6O)CC[C@]45C)[C@]2(C)CC[C@@H]31.[Na+].[Na+]. The van der Waals surface area contributed by atoms with Gasteiger partial charge in [0.2, 0.25) is 20.8 Å². The van der Waals surface area contributed by atoms with Gasteiger partial charge in [-0.15, -0.1) is 0 Å². The smallest absolute Gasteiger partial charge is 0.726 e. The molecule has 10 aliphatic rings. The zero-order chi connectivity index (χ0) is 70.6. The van der Waals surface area contributed by atoms with Gasteiger partial charge in [0.1, 0.15) is 121 Å². The van der Waals surface area contributed by atoms with Crippen LogP contribution in [0.3, 0.4) is 0 Å². The summed E-state index contributed by atoms with van der Waals surface area (Å²) in [7, 11) is -9.75. The first-order chi connectivity index (χ1) is 44.7. The van der Waals surface area contributed by atoms with Crippen LogP contribution in [-0.4, -0.2) is 298 Å². The number of rotatable bonds is 22. The first-order valence-electron chi connectivity index (χ1n) is 32.2. The van der Waals surface area contributed by atoms with Gasteiger partial charge in [0.05, 0.1) is 44.7 Å². The number of ether oxygens (including phenoxy) is 12. The molecule has 0 aromatic rings. The third-order valence-electron chi connectivity index (χ3n) is 22.8. The standard InChI is InChI=1S/C60H94O34S2.2Na/c1-23(2)27(62)12-17-59(8)33-13-16-58(7)25-10-11-32-56(4,5)35(14-15-57(32,6)26(25)18-34(63)60(33,58)55(74)94-59)90-54-49(39(67)29(20-82-54)87-51-42(70)40(68)36(64)30(88-51)21-83-95(75,76)77)93-50-43(71)41(69)46(24(3)85-50)91-53-45(73)48(38(66)31(89-53)22-84-96(78,79)80)92-52-44(72)47(81-9)37(65)28(19-61)86-52;;/h18,24-25,28-54,61,63-73H,1,10-17,19-22H2,2-9H3,(H,75,76,77)(H,78,79,80);;/q;2*+1/p-2/t24-,25-,28-,29-,30-,31-,32+,33-,34+,35+,36-,37-,38-,39+,40+,41-,42-,43-,44-,45-,46-,47+,48+,49-,50+,51-,52+,53+,54+,57-,58+,59+,60+;;/m1../s1. The second-order valence-electron chi connectivity index (χ2n) is 28.6. The molecule has 6 aliphatic heterocycles. The van der Waals surface area contributed by atoms with Crippen LogP contribution in [0.1, 0.15) is 99.8 Å². The predicted octanol–water partition coefficient (Wildman–Crippen LogP) is -10.4. The molecule has 6 saturated heterocycles. The second-order valence-corrected chi connectivity index (χ2v) is 30.7. The number of ketones is 1. The van der Waals surface area contributed by atoms with Crippen molar-refractivity contribution in [3.8, 4) is 0 Å². The summed E-state index contributed by atoms with van der Waals surface area (Å²) in [6, 6.07) is 0. The minimum absolute atomic E-state index is 0. The first kappa shape index (κ1) is 83.1. The van der Waals surface area contributed by atoms with Crippen molar-refractivity contribution in [2.45, 2.75) is 265 Å². The molecule has 0 bridgehead atoms. The molecule has 34 nitrogen and oxygen atoms in total. The van der Waals surface area contributed by atoms with E-state index in [1.54, 1.807) is 6.92 Å². The van der Waals surface area contributed by atoms with Gasteiger partial charge in [-0.25, -0.2) is 16.8 Å². The van der Waals surface area contributed by atoms with Gasteiger partial charge in [0, 0.05) is 19.4 Å². The summed E-state index contributed by atoms with van der Waals surface area (Å²) in [5.74, 6) is -1.33. The maximum atomic E-state index is 14.6. The number of carbonyl (C=O) groups excluding carboxylic acids is 2. The largest absolute Gasteiger partial charge is 1.00 e. The molecule has 0 aromatic heterocycles. The molecule has 0 radical (unpaired) electrons. The Labute approximate surface area is 611 Å². The molecule has 1 spiro atoms. The Morgan fingerprint density at radius 1 is 0.622 bits per heavy atom. The Bertz CT molecular complexity index is 3080. The topological polar surface area (TPSA) is 521 Å². The van der Waals surface area contributed by atoms with Crippen LogP contribution in [0.2, 0.25) is 0 Å². The molecular formula is C60H92Na2O34S2. The number of carbonyl (C=O) groups is 2. The van der Waals surface area contributed by atoms with E-state index in [-0.39, 0.29) is 95.5 Å². The van der Waals surface area contributed by atoms with E-state index in [4.69, 9.17) is 56.8 Å². The molecule has 9 fully saturated rings. The number of aliphatic hydroxyl groups is 12. The van der Waals surface area contributed by atoms with E-state index in [2.05, 4.69) is 28.8 Å². The van der Waals surface area contributed by atoms with Crippen molar-refractivity contribution >= 4 is 32.6 Å². The van der Waals surface area contributed by atoms with E-state index in [1.165, 1.54) is 6.92 Å². The van der Waals surface area contributed by atoms with Crippen LogP contribution < -0.4 is 59.1 Å². The average Bonchev–Trinajstić information content (AvgIpc) is 1.46. The van der Waals surface area contributed by atoms with Gasteiger partial charge in [-0.05, 0) is 99.4 Å². The Balaban J connectivity index is 0.00000612. The molecule has 98 heavy (non-hydrogen) atoms. The molecule has 33 atom stereocenters. The van der Waals surface area contributed by atoms with Crippen molar-refractivity contribution in [1.29, 1.82) is 0 Å². The van der Waals surface area contributed by atoms with Gasteiger partial charge in [0.15, 0.2) is 37.2 Å². The fraction of sp³-hybridized carbons (Fsp3) is 0.900. The monoisotopic (exact) mass is 1470 g/mol. The molecular weight excluding hydrogens is 1370 g/mol. The van der Waals surface area contributed by atoms with Crippen molar-refractivity contribution in [2.24, 2.45) is 39.4 Å². The molecule has 0 unspecified atom stereocenters. The van der Waals surface area contributed by atoms with Gasteiger partial charge >= 0.3 is 65.1 Å². The summed E-state index contributed by atoms with van der Waals surface area (Å²) < 4.78 is 149. The van der Waals surface area contributed by atoms with Crippen molar-refractivity contribution < 1.29 is 221 Å². The van der Waals surface area contributed by atoms with E-state index in [1.807, 2.05) is 26.8 Å². The maximum absolute atomic E-state index is 14.6. The van der Waals surface area contributed by atoms with Crippen molar-refractivity contribution in [3.63, 3.8) is 0 Å². The number of hydrogen-bond donors (Lipinski definition) is 12. The molecule has 12 N–H and O–H groups in total. The summed E-state index contributed by atoms with van der Waals surface area (Å²) in [5, 5.41) is 136. The molecule has 0 aromatic carbocycles. The van der Waals surface area contributed by atoms with Crippen molar-refractivity contribution in [3.05, 3.63) is 23.8 Å². The van der Waals surface area contributed by atoms with Crippen molar-refractivity contribution in [2.75, 3.05) is 33.5 Å². The van der Waals surface area contributed by atoms with Gasteiger partial charge in [-0.1, -0.05) is 45.9 Å². The Hall–Kier alpha value is -0.560. The van der Waals surface area contributed by atoms with Gasteiger partial charge in [-0.2, -0.15) is 0 Å². The minimum atomic E-state index is -5.48. The number of cyclic esters (lactones) is 1. The molecule has 550 valence electrons. The van der Waals surface area contributed by atoms with E-state index in [0.29, 0.717) is 44.1 Å². The fourth-order valence-electron chi connectivity index (χ4n) is 17.7. The van der Waals surface area contributed by atoms with Gasteiger partial charge in [0.25, 0.3) is 0 Å². The average molecular weight is 1470 g/mol. The Morgan fingerprint density at radius 3 is 1.76 bits per heavy atom. The minimum Gasteiger partial charge on any atom is -0.726 e. The summed E-state index contributed by atoms with van der Waals surface area (Å²) in [6.07, 6.45) is -42.0. The number of allylic oxidation sites excluding steroid dienone is 2. The van der Waals surface area contributed by atoms with Crippen LogP contribution in [0, 0.1) is 39.4 Å². The predicted molar refractivity (Wildman–Crippen MR) is 312 cm³/mol. The van der Waals surface area contributed by atoms with E-state index >= 15 is 0 Å². The number of esters is 1. The molecule has 10 rings (SSSR count). The molecule has 6 heterocycles. The third kappa shape index (κ3) is 15.4. The van der Waals surface area contributed by atoms with Gasteiger partial charge in [-0.3, -0.25) is 18.0 Å². The molecule has 38 heteroatoms. The van der Waals surface area contributed by atoms with E-state index < -0.39 is 240 Å². The van der Waals surface area contributed by atoms with Crippen LogP contribution in [-0.2, 0) is 95.6 Å². The van der Waals surface area contributed by atoms with Crippen molar-refractivity contribution in [1.82, 2.24) is 0 Å². The second kappa shape index (κ2) is 31.3. The van der Waals surface area contributed by atoms with Gasteiger partial charge < -0.3 is 127 Å². The molecule has 0 amide bonds. The number of fused-ring (bicyclic) bond motifs is 4. The number of aliphatic hydroxyl groups excluding tert-OH is 12. The quantitative estimate of drug-likeness (QED) is 0.00911. The summed E-state index contributed by atoms with van der Waals surface area (Å²) >= 11 is 0. The Morgan fingerprint density at radius 2 is 1.16 bits per heavy atom. The summed E-state index contributed by atoms with van der Waals surface area (Å²) in [4.78, 5) is 27.3. The molecule has 4 aliphatic carbocycles. The van der Waals surface area contributed by atoms with Crippen LogP contribution in [0.4, 0.5) is 0 Å². The summed E-state index contributed by atoms with van der Waals surface area (Å²) in [6.45, 7) is 12.9. The third-order valence-corrected chi connectivity index (χ3v) is 23.6. The van der Waals surface area contributed by atoms with Crippen LogP contribution >= 0.6 is 0 Å². The normalized spacial score (nSPS) is 48.5. The first-order valence-corrected chi connectivity index (χ1v) is 34.8. The Kier molecular flexibility index (Phi) is 26.6. The van der Waals surface area contributed by atoms with Crippen LogP contribution in [0.25, 0.3) is 0 Å². The zero-order valence-corrected chi connectivity index (χ0v) is 61.8. The number of hydrogen-bond acceptors (Lipinski definition) is 34. The zero-order valence-electron chi connectivity index (χ0n) is 56.2. The maximum Gasteiger partial charge on any atom is 1.00 e. The fourth-order valence-corrected chi connectivity index (χ4v) is 18.3. The number of methoxy groups -OCH3 is 1. The van der Waals surface area contributed by atoms with Crippen LogP contribution in [0.15, 0.2) is 23.8 Å².